The number of carbonyl (C=O) groups is 1. The van der Waals surface area contributed by atoms with Gasteiger partial charge in [-0.1, -0.05) is 37.1 Å². The second kappa shape index (κ2) is 7.96. The molecule has 5 nitrogen and oxygen atoms in total. The van der Waals surface area contributed by atoms with Crippen LogP contribution in [0.25, 0.3) is 11.3 Å². The van der Waals surface area contributed by atoms with Gasteiger partial charge >= 0.3 is 0 Å². The monoisotopic (exact) mass is 321 g/mol. The van der Waals surface area contributed by atoms with Gasteiger partial charge in [0, 0.05) is 23.1 Å². The number of nitrogens with one attached hydrogen (secondary N) is 1. The minimum Gasteiger partial charge on any atom is -0.394 e. The first-order valence-corrected chi connectivity index (χ1v) is 7.76. The van der Waals surface area contributed by atoms with Gasteiger partial charge < -0.3 is 10.4 Å². The smallest absolute Gasteiger partial charge is 0.225 e. The Hall–Kier alpha value is -1.85. The quantitative estimate of drug-likeness (QED) is 0.822. The number of aliphatic hydroxyl groups excluding tert-OH is 1. The third-order valence-corrected chi connectivity index (χ3v) is 3.47. The lowest BCUT2D eigenvalue weighted by Crippen LogP contribution is -2.16. The molecule has 0 spiro atoms. The lowest BCUT2D eigenvalue weighted by Gasteiger charge is -2.06. The van der Waals surface area contributed by atoms with Crippen molar-refractivity contribution in [3.8, 4) is 11.3 Å². The predicted molar refractivity (Wildman–Crippen MR) is 87.9 cm³/mol. The van der Waals surface area contributed by atoms with E-state index >= 15 is 0 Å². The zero-order chi connectivity index (χ0) is 15.9. The van der Waals surface area contributed by atoms with Gasteiger partial charge in [0.05, 0.1) is 18.8 Å². The summed E-state index contributed by atoms with van der Waals surface area (Å²) < 4.78 is 1.60. The van der Waals surface area contributed by atoms with Crippen LogP contribution in [-0.4, -0.2) is 27.4 Å². The molecule has 0 saturated carbocycles. The molecule has 0 atom stereocenters. The van der Waals surface area contributed by atoms with E-state index in [2.05, 4.69) is 10.4 Å². The largest absolute Gasteiger partial charge is 0.394 e. The molecular formula is C16H20ClN3O2. The minimum absolute atomic E-state index is 0.0430. The topological polar surface area (TPSA) is 67.2 Å². The van der Waals surface area contributed by atoms with Gasteiger partial charge in [0.1, 0.15) is 5.82 Å². The summed E-state index contributed by atoms with van der Waals surface area (Å²) in [7, 11) is 0. The van der Waals surface area contributed by atoms with Crippen molar-refractivity contribution in [3.63, 3.8) is 0 Å². The van der Waals surface area contributed by atoms with Crippen molar-refractivity contribution in [2.75, 3.05) is 11.9 Å². The molecule has 1 aromatic carbocycles. The first-order valence-electron chi connectivity index (χ1n) is 7.38. The fourth-order valence-electron chi connectivity index (χ4n) is 2.11. The number of unbranched alkanes of at least 4 members (excludes halogenated alkanes) is 1. The first-order chi connectivity index (χ1) is 10.6. The molecule has 0 bridgehead atoms. The van der Waals surface area contributed by atoms with Gasteiger partial charge in [-0.25, -0.2) is 4.68 Å². The number of benzene rings is 1. The van der Waals surface area contributed by atoms with Crippen molar-refractivity contribution < 1.29 is 9.90 Å². The second-order valence-electron chi connectivity index (χ2n) is 5.02. The van der Waals surface area contributed by atoms with Crippen molar-refractivity contribution >= 4 is 23.3 Å². The fraction of sp³-hybridized carbons (Fsp3) is 0.375. The van der Waals surface area contributed by atoms with Crippen LogP contribution >= 0.6 is 11.6 Å². The number of aromatic nitrogens is 2. The molecule has 0 aliphatic carbocycles. The number of halogens is 1. The highest BCUT2D eigenvalue weighted by molar-refractivity contribution is 6.30. The number of aliphatic hydroxyl groups is 1. The molecule has 0 unspecified atom stereocenters. The number of carbonyl (C=O) groups excluding carboxylic acids is 1. The van der Waals surface area contributed by atoms with Crippen LogP contribution in [0.3, 0.4) is 0 Å². The number of hydrogen-bond donors (Lipinski definition) is 2. The van der Waals surface area contributed by atoms with Crippen LogP contribution in [0.1, 0.15) is 26.2 Å². The molecule has 2 aromatic rings. The molecule has 2 N–H and O–H groups in total. The van der Waals surface area contributed by atoms with Gasteiger partial charge in [0.15, 0.2) is 0 Å². The Kier molecular flexibility index (Phi) is 5.98. The van der Waals surface area contributed by atoms with Crippen LogP contribution in [0.2, 0.25) is 5.02 Å². The highest BCUT2D eigenvalue weighted by atomic mass is 35.5. The second-order valence-corrected chi connectivity index (χ2v) is 5.46. The van der Waals surface area contributed by atoms with Crippen LogP contribution in [0.15, 0.2) is 30.3 Å². The Morgan fingerprint density at radius 3 is 2.91 bits per heavy atom. The van der Waals surface area contributed by atoms with E-state index in [0.717, 1.165) is 18.4 Å². The summed E-state index contributed by atoms with van der Waals surface area (Å²) in [5, 5.41) is 17.1. The summed E-state index contributed by atoms with van der Waals surface area (Å²) in [5.41, 5.74) is 1.58. The number of amides is 1. The Labute approximate surface area is 134 Å². The van der Waals surface area contributed by atoms with E-state index in [0.29, 0.717) is 29.5 Å². The molecule has 0 aliphatic heterocycles. The number of anilines is 1. The van der Waals surface area contributed by atoms with Crippen LogP contribution < -0.4 is 5.32 Å². The molecular weight excluding hydrogens is 302 g/mol. The van der Waals surface area contributed by atoms with Crippen molar-refractivity contribution in [3.05, 3.63) is 35.4 Å². The van der Waals surface area contributed by atoms with Gasteiger partial charge in [-0.3, -0.25) is 4.79 Å². The SMILES string of the molecule is CCCCC(=O)Nc1cc(-c2cccc(Cl)c2)nn1CCO. The summed E-state index contributed by atoms with van der Waals surface area (Å²) in [6, 6.07) is 9.16. The van der Waals surface area contributed by atoms with Crippen molar-refractivity contribution in [2.45, 2.75) is 32.7 Å². The van der Waals surface area contributed by atoms with E-state index in [-0.39, 0.29) is 12.5 Å². The van der Waals surface area contributed by atoms with E-state index in [1.165, 1.54) is 0 Å². The third kappa shape index (κ3) is 4.32. The van der Waals surface area contributed by atoms with Crippen LogP contribution in [0, 0.1) is 0 Å². The molecule has 6 heteroatoms. The summed E-state index contributed by atoms with van der Waals surface area (Å²) in [4.78, 5) is 11.9. The molecule has 0 radical (unpaired) electrons. The fourth-order valence-corrected chi connectivity index (χ4v) is 2.30. The van der Waals surface area contributed by atoms with Gasteiger partial charge in [-0.2, -0.15) is 5.10 Å². The van der Waals surface area contributed by atoms with Gasteiger partial charge in [-0.05, 0) is 18.6 Å². The van der Waals surface area contributed by atoms with Crippen molar-refractivity contribution in [2.24, 2.45) is 0 Å². The summed E-state index contributed by atoms with van der Waals surface area (Å²) in [6.45, 7) is 2.32. The molecule has 22 heavy (non-hydrogen) atoms. The highest BCUT2D eigenvalue weighted by Crippen LogP contribution is 2.24. The Morgan fingerprint density at radius 1 is 1.41 bits per heavy atom. The maximum Gasteiger partial charge on any atom is 0.225 e. The van der Waals surface area contributed by atoms with Gasteiger partial charge in [0.25, 0.3) is 0 Å². The maximum atomic E-state index is 11.9. The van der Waals surface area contributed by atoms with Crippen LogP contribution in [0.4, 0.5) is 5.82 Å². The molecule has 2 rings (SSSR count). The summed E-state index contributed by atoms with van der Waals surface area (Å²) in [6.07, 6.45) is 2.30. The Bertz CT molecular complexity index is 640. The first kappa shape index (κ1) is 16.5. The Morgan fingerprint density at radius 2 is 2.23 bits per heavy atom. The van der Waals surface area contributed by atoms with E-state index in [9.17, 15) is 4.79 Å². The zero-order valence-electron chi connectivity index (χ0n) is 12.6. The molecule has 1 heterocycles. The molecule has 0 saturated heterocycles. The molecule has 0 aliphatic rings. The average Bonchev–Trinajstić information content (AvgIpc) is 2.88. The number of hydrogen-bond acceptors (Lipinski definition) is 3. The standard InChI is InChI=1S/C16H20ClN3O2/c1-2-3-7-16(22)18-15-11-14(19-20(15)8-9-21)12-5-4-6-13(17)10-12/h4-6,10-11,21H,2-3,7-9H2,1H3,(H,18,22). The van der Waals surface area contributed by atoms with Crippen molar-refractivity contribution in [1.29, 1.82) is 0 Å². The molecule has 1 amide bonds. The van der Waals surface area contributed by atoms with Crippen LogP contribution in [0.5, 0.6) is 0 Å². The molecule has 1 aromatic heterocycles. The van der Waals surface area contributed by atoms with E-state index in [4.69, 9.17) is 16.7 Å². The normalized spacial score (nSPS) is 10.7. The van der Waals surface area contributed by atoms with Crippen LogP contribution in [-0.2, 0) is 11.3 Å². The van der Waals surface area contributed by atoms with E-state index < -0.39 is 0 Å². The lowest BCUT2D eigenvalue weighted by molar-refractivity contribution is -0.116. The highest BCUT2D eigenvalue weighted by Gasteiger charge is 2.12. The predicted octanol–water partition coefficient (Wildman–Crippen LogP) is 3.32. The third-order valence-electron chi connectivity index (χ3n) is 3.24. The van der Waals surface area contributed by atoms with E-state index in [1.807, 2.05) is 25.1 Å². The minimum atomic E-state index is -0.0471. The maximum absolute atomic E-state index is 11.9. The summed E-state index contributed by atoms with van der Waals surface area (Å²) in [5.74, 6) is 0.545. The Balaban J connectivity index is 2.23. The number of rotatable bonds is 7. The lowest BCUT2D eigenvalue weighted by atomic mass is 10.1. The summed E-state index contributed by atoms with van der Waals surface area (Å²) >= 11 is 6.00. The van der Waals surface area contributed by atoms with Gasteiger partial charge in [-0.15, -0.1) is 0 Å². The molecule has 0 fully saturated rings. The van der Waals surface area contributed by atoms with Crippen molar-refractivity contribution in [1.82, 2.24) is 9.78 Å². The average molecular weight is 322 g/mol. The molecule has 118 valence electrons. The van der Waals surface area contributed by atoms with Gasteiger partial charge in [0.2, 0.25) is 5.91 Å². The number of nitrogens with zero attached hydrogens (tertiary/aromatic N) is 2. The van der Waals surface area contributed by atoms with E-state index in [1.54, 1.807) is 16.8 Å². The zero-order valence-corrected chi connectivity index (χ0v) is 13.3.